The zero-order valence-corrected chi connectivity index (χ0v) is 12.9. The SMILES string of the molecule is Cc1cccc(NC(=O)c2sc3cccc(Cl)c3c2N)c1. The van der Waals surface area contributed by atoms with E-state index in [1.165, 1.54) is 11.3 Å². The molecule has 0 aliphatic heterocycles. The fraction of sp³-hybridized carbons (Fsp3) is 0.0625. The molecule has 3 rings (SSSR count). The monoisotopic (exact) mass is 316 g/mol. The lowest BCUT2D eigenvalue weighted by molar-refractivity contribution is 0.103. The summed E-state index contributed by atoms with van der Waals surface area (Å²) in [6.07, 6.45) is 0. The van der Waals surface area contributed by atoms with E-state index in [9.17, 15) is 4.79 Å². The average molecular weight is 317 g/mol. The van der Waals surface area contributed by atoms with Gasteiger partial charge in [0.25, 0.3) is 5.91 Å². The van der Waals surface area contributed by atoms with Crippen LogP contribution in [0.15, 0.2) is 42.5 Å². The standard InChI is InChI=1S/C16H13ClN2OS/c1-9-4-2-5-10(8-9)19-16(20)15-14(18)13-11(17)6-3-7-12(13)21-15/h2-8H,18H2,1H3,(H,19,20). The number of nitrogen functional groups attached to an aromatic ring is 1. The molecule has 1 heterocycles. The summed E-state index contributed by atoms with van der Waals surface area (Å²) in [6.45, 7) is 1.98. The zero-order chi connectivity index (χ0) is 15.0. The van der Waals surface area contributed by atoms with Gasteiger partial charge in [-0.15, -0.1) is 11.3 Å². The minimum Gasteiger partial charge on any atom is -0.397 e. The quantitative estimate of drug-likeness (QED) is 0.720. The van der Waals surface area contributed by atoms with E-state index in [0.29, 0.717) is 15.6 Å². The number of anilines is 2. The molecule has 0 spiro atoms. The minimum absolute atomic E-state index is 0.213. The number of halogens is 1. The number of carbonyl (C=O) groups is 1. The molecular weight excluding hydrogens is 304 g/mol. The Balaban J connectivity index is 1.99. The maximum atomic E-state index is 12.4. The lowest BCUT2D eigenvalue weighted by atomic mass is 10.2. The van der Waals surface area contributed by atoms with Gasteiger partial charge in [-0.3, -0.25) is 4.79 Å². The van der Waals surface area contributed by atoms with Gasteiger partial charge in [0.15, 0.2) is 0 Å². The predicted molar refractivity (Wildman–Crippen MR) is 90.4 cm³/mol. The first kappa shape index (κ1) is 13.9. The van der Waals surface area contributed by atoms with Crippen molar-refractivity contribution in [2.75, 3.05) is 11.1 Å². The van der Waals surface area contributed by atoms with E-state index in [2.05, 4.69) is 5.32 Å². The second-order valence-corrected chi connectivity index (χ2v) is 6.24. The Labute approximate surface area is 131 Å². The van der Waals surface area contributed by atoms with Crippen molar-refractivity contribution in [1.82, 2.24) is 0 Å². The highest BCUT2D eigenvalue weighted by Crippen LogP contribution is 2.38. The van der Waals surface area contributed by atoms with Crippen LogP contribution in [0.3, 0.4) is 0 Å². The smallest absolute Gasteiger partial charge is 0.267 e. The molecule has 0 saturated heterocycles. The van der Waals surface area contributed by atoms with Crippen LogP contribution in [0.25, 0.3) is 10.1 Å². The van der Waals surface area contributed by atoms with Crippen LogP contribution in [0, 0.1) is 6.92 Å². The highest BCUT2D eigenvalue weighted by Gasteiger charge is 2.18. The maximum absolute atomic E-state index is 12.4. The molecule has 0 aliphatic rings. The van der Waals surface area contributed by atoms with E-state index in [4.69, 9.17) is 17.3 Å². The molecule has 1 aromatic heterocycles. The van der Waals surface area contributed by atoms with Gasteiger partial charge in [-0.1, -0.05) is 29.8 Å². The first-order chi connectivity index (χ1) is 10.1. The predicted octanol–water partition coefficient (Wildman–Crippen LogP) is 4.70. The molecule has 0 fully saturated rings. The normalized spacial score (nSPS) is 10.8. The summed E-state index contributed by atoms with van der Waals surface area (Å²) >= 11 is 7.50. The second-order valence-electron chi connectivity index (χ2n) is 4.78. The van der Waals surface area contributed by atoms with Crippen molar-refractivity contribution in [3.8, 4) is 0 Å². The van der Waals surface area contributed by atoms with E-state index in [1.54, 1.807) is 6.07 Å². The lowest BCUT2D eigenvalue weighted by Gasteiger charge is -2.05. The highest BCUT2D eigenvalue weighted by molar-refractivity contribution is 7.21. The number of hydrogen-bond donors (Lipinski definition) is 2. The maximum Gasteiger partial charge on any atom is 0.267 e. The molecule has 0 bridgehead atoms. The fourth-order valence-corrected chi connectivity index (χ4v) is 3.59. The number of nitrogens with two attached hydrogens (primary N) is 1. The second kappa shape index (κ2) is 5.39. The third kappa shape index (κ3) is 2.60. The number of carbonyl (C=O) groups excluding carboxylic acids is 1. The largest absolute Gasteiger partial charge is 0.397 e. The van der Waals surface area contributed by atoms with Gasteiger partial charge in [-0.25, -0.2) is 0 Å². The number of hydrogen-bond acceptors (Lipinski definition) is 3. The Morgan fingerprint density at radius 3 is 2.71 bits per heavy atom. The molecule has 3 N–H and O–H groups in total. The number of nitrogens with one attached hydrogen (secondary N) is 1. The van der Waals surface area contributed by atoms with Gasteiger partial charge >= 0.3 is 0 Å². The first-order valence-electron chi connectivity index (χ1n) is 6.41. The van der Waals surface area contributed by atoms with Crippen LogP contribution in [-0.4, -0.2) is 5.91 Å². The number of fused-ring (bicyclic) bond motifs is 1. The molecule has 0 unspecified atom stereocenters. The van der Waals surface area contributed by atoms with E-state index >= 15 is 0 Å². The molecule has 0 atom stereocenters. The molecule has 1 amide bonds. The van der Waals surface area contributed by atoms with Gasteiger partial charge in [0.1, 0.15) is 4.88 Å². The Bertz CT molecular complexity index is 841. The van der Waals surface area contributed by atoms with Gasteiger partial charge in [0, 0.05) is 15.8 Å². The van der Waals surface area contributed by atoms with E-state index in [-0.39, 0.29) is 5.91 Å². The molecule has 5 heteroatoms. The Kier molecular flexibility index (Phi) is 3.57. The van der Waals surface area contributed by atoms with Crippen LogP contribution < -0.4 is 11.1 Å². The summed E-state index contributed by atoms with van der Waals surface area (Å²) in [5.74, 6) is -0.213. The molecule has 0 aliphatic carbocycles. The molecule has 21 heavy (non-hydrogen) atoms. The number of aryl methyl sites for hydroxylation is 1. The van der Waals surface area contributed by atoms with Gasteiger partial charge in [-0.05, 0) is 36.8 Å². The number of rotatable bonds is 2. The van der Waals surface area contributed by atoms with Crippen molar-refractivity contribution < 1.29 is 4.79 Å². The number of amides is 1. The van der Waals surface area contributed by atoms with Crippen LogP contribution in [-0.2, 0) is 0 Å². The molecule has 106 valence electrons. The molecular formula is C16H13ClN2OS. The minimum atomic E-state index is -0.213. The third-order valence-electron chi connectivity index (χ3n) is 3.18. The summed E-state index contributed by atoms with van der Waals surface area (Å²) in [5, 5.41) is 4.18. The van der Waals surface area contributed by atoms with Crippen molar-refractivity contribution in [3.63, 3.8) is 0 Å². The molecule has 3 nitrogen and oxygen atoms in total. The Hall–Kier alpha value is -2.04. The van der Waals surface area contributed by atoms with E-state index in [1.807, 2.05) is 43.3 Å². The average Bonchev–Trinajstić information content (AvgIpc) is 2.77. The van der Waals surface area contributed by atoms with Gasteiger partial charge in [0.2, 0.25) is 0 Å². The third-order valence-corrected chi connectivity index (χ3v) is 4.67. The van der Waals surface area contributed by atoms with Crippen LogP contribution in [0.2, 0.25) is 5.02 Å². The van der Waals surface area contributed by atoms with E-state index in [0.717, 1.165) is 21.3 Å². The van der Waals surface area contributed by atoms with Crippen molar-refractivity contribution in [3.05, 3.63) is 57.9 Å². The molecule has 3 aromatic rings. The first-order valence-corrected chi connectivity index (χ1v) is 7.60. The van der Waals surface area contributed by atoms with Gasteiger partial charge in [0.05, 0.1) is 10.7 Å². The van der Waals surface area contributed by atoms with Crippen LogP contribution in [0.5, 0.6) is 0 Å². The summed E-state index contributed by atoms with van der Waals surface area (Å²) in [7, 11) is 0. The van der Waals surface area contributed by atoms with Crippen molar-refractivity contribution in [2.24, 2.45) is 0 Å². The lowest BCUT2D eigenvalue weighted by Crippen LogP contribution is -2.11. The summed E-state index contributed by atoms with van der Waals surface area (Å²) in [5.41, 5.74) is 8.36. The summed E-state index contributed by atoms with van der Waals surface area (Å²) < 4.78 is 0.911. The van der Waals surface area contributed by atoms with Crippen LogP contribution in [0.1, 0.15) is 15.2 Å². The van der Waals surface area contributed by atoms with Gasteiger partial charge in [-0.2, -0.15) is 0 Å². The van der Waals surface area contributed by atoms with Crippen molar-refractivity contribution >= 4 is 50.3 Å². The van der Waals surface area contributed by atoms with Crippen LogP contribution in [0.4, 0.5) is 11.4 Å². The number of benzene rings is 2. The Morgan fingerprint density at radius 1 is 1.24 bits per heavy atom. The van der Waals surface area contributed by atoms with Crippen molar-refractivity contribution in [2.45, 2.75) is 6.92 Å². The fourth-order valence-electron chi connectivity index (χ4n) is 2.21. The topological polar surface area (TPSA) is 55.1 Å². The number of thiophene rings is 1. The van der Waals surface area contributed by atoms with E-state index < -0.39 is 0 Å². The van der Waals surface area contributed by atoms with Crippen LogP contribution >= 0.6 is 22.9 Å². The van der Waals surface area contributed by atoms with Crippen molar-refractivity contribution in [1.29, 1.82) is 0 Å². The summed E-state index contributed by atoms with van der Waals surface area (Å²) in [4.78, 5) is 12.9. The molecule has 0 radical (unpaired) electrons. The Morgan fingerprint density at radius 2 is 2.00 bits per heavy atom. The van der Waals surface area contributed by atoms with Gasteiger partial charge < -0.3 is 11.1 Å². The molecule has 2 aromatic carbocycles. The molecule has 0 saturated carbocycles. The highest BCUT2D eigenvalue weighted by atomic mass is 35.5. The summed E-state index contributed by atoms with van der Waals surface area (Å²) in [6, 6.07) is 13.2. The zero-order valence-electron chi connectivity index (χ0n) is 11.3.